The van der Waals surface area contributed by atoms with Gasteiger partial charge in [0.2, 0.25) is 10.0 Å². The number of thiophene rings is 1. The monoisotopic (exact) mass is 377 g/mol. The number of nitrogens with one attached hydrogen (secondary N) is 1. The van der Waals surface area contributed by atoms with E-state index >= 15 is 0 Å². The van der Waals surface area contributed by atoms with Crippen LogP contribution in [-0.2, 0) is 10.0 Å². The molecular weight excluding hydrogens is 358 g/mol. The molecule has 2 saturated carbocycles. The Morgan fingerprint density at radius 2 is 2.15 bits per heavy atom. The van der Waals surface area contributed by atoms with E-state index in [0.29, 0.717) is 10.8 Å². The molecule has 1 aromatic rings. The third-order valence-electron chi connectivity index (χ3n) is 4.91. The van der Waals surface area contributed by atoms with Crippen LogP contribution in [0.25, 0.3) is 0 Å². The highest BCUT2D eigenvalue weighted by molar-refractivity contribution is 9.11. The molecule has 2 aliphatic carbocycles. The molecule has 0 aromatic carbocycles. The fourth-order valence-corrected chi connectivity index (χ4v) is 7.71. The van der Waals surface area contributed by atoms with Crippen molar-refractivity contribution >= 4 is 37.3 Å². The molecule has 4 unspecified atom stereocenters. The van der Waals surface area contributed by atoms with Gasteiger partial charge in [0, 0.05) is 10.9 Å². The van der Waals surface area contributed by atoms with Gasteiger partial charge >= 0.3 is 0 Å². The zero-order chi connectivity index (χ0) is 14.5. The highest BCUT2D eigenvalue weighted by Crippen LogP contribution is 2.49. The molecule has 1 aromatic heterocycles. The zero-order valence-electron chi connectivity index (χ0n) is 11.7. The van der Waals surface area contributed by atoms with Gasteiger partial charge in [-0.1, -0.05) is 6.42 Å². The van der Waals surface area contributed by atoms with Crippen molar-refractivity contribution in [3.63, 3.8) is 0 Å². The average molecular weight is 378 g/mol. The summed E-state index contributed by atoms with van der Waals surface area (Å²) in [5, 5.41) is 0. The first-order valence-corrected chi connectivity index (χ1v) is 10.2. The van der Waals surface area contributed by atoms with Crippen LogP contribution < -0.4 is 4.72 Å². The third kappa shape index (κ3) is 2.72. The zero-order valence-corrected chi connectivity index (χ0v) is 14.9. The van der Waals surface area contributed by atoms with Crippen LogP contribution in [-0.4, -0.2) is 14.5 Å². The smallest absolute Gasteiger partial charge is 0.208 e. The molecule has 2 aliphatic rings. The van der Waals surface area contributed by atoms with Crippen molar-refractivity contribution in [1.29, 1.82) is 0 Å². The van der Waals surface area contributed by atoms with E-state index in [1.165, 1.54) is 37.0 Å². The first kappa shape index (κ1) is 15.0. The third-order valence-corrected chi connectivity index (χ3v) is 8.28. The minimum Gasteiger partial charge on any atom is -0.208 e. The van der Waals surface area contributed by atoms with Crippen molar-refractivity contribution in [2.24, 2.45) is 17.8 Å². The molecule has 0 saturated heterocycles. The summed E-state index contributed by atoms with van der Waals surface area (Å²) in [5.74, 6) is 2.09. The predicted octanol–water partition coefficient (Wildman–Crippen LogP) is 3.92. The molecule has 1 heterocycles. The van der Waals surface area contributed by atoms with Gasteiger partial charge in [-0.2, -0.15) is 0 Å². The maximum atomic E-state index is 12.5. The number of hydrogen-bond acceptors (Lipinski definition) is 3. The highest BCUT2D eigenvalue weighted by Gasteiger charge is 2.42. The number of fused-ring (bicyclic) bond motifs is 2. The van der Waals surface area contributed by atoms with Crippen LogP contribution in [0.4, 0.5) is 0 Å². The Labute approximate surface area is 133 Å². The standard InChI is InChI=1S/C14H20BrNO2S2/c1-8(12-6-10-3-4-11(12)5-10)16-20(17,18)13-7-14(15)19-9(13)2/h7-8,10-12,16H,3-6H2,1-2H3. The Balaban J connectivity index is 1.75. The van der Waals surface area contributed by atoms with Gasteiger partial charge in [-0.15, -0.1) is 11.3 Å². The molecule has 0 spiro atoms. The van der Waals surface area contributed by atoms with Gasteiger partial charge in [0.15, 0.2) is 0 Å². The fourth-order valence-electron chi connectivity index (χ4n) is 4.00. The molecule has 20 heavy (non-hydrogen) atoms. The SMILES string of the molecule is Cc1sc(Br)cc1S(=O)(=O)NC(C)C1CC2CCC1C2. The number of rotatable bonds is 4. The molecule has 1 N–H and O–H groups in total. The minimum atomic E-state index is -3.39. The van der Waals surface area contributed by atoms with E-state index < -0.39 is 10.0 Å². The van der Waals surface area contributed by atoms with Crippen molar-refractivity contribution in [2.45, 2.75) is 50.5 Å². The van der Waals surface area contributed by atoms with E-state index in [9.17, 15) is 8.42 Å². The molecule has 0 amide bonds. The van der Waals surface area contributed by atoms with Crippen LogP contribution >= 0.6 is 27.3 Å². The van der Waals surface area contributed by atoms with Gasteiger partial charge in [0.05, 0.1) is 8.68 Å². The molecule has 3 nitrogen and oxygen atoms in total. The molecular formula is C14H20BrNO2S2. The number of hydrogen-bond donors (Lipinski definition) is 1. The van der Waals surface area contributed by atoms with Crippen molar-refractivity contribution in [3.8, 4) is 0 Å². The van der Waals surface area contributed by atoms with Gasteiger partial charge in [-0.25, -0.2) is 13.1 Å². The lowest BCUT2D eigenvalue weighted by atomic mass is 9.84. The summed E-state index contributed by atoms with van der Waals surface area (Å²) in [7, 11) is -3.39. The topological polar surface area (TPSA) is 46.2 Å². The summed E-state index contributed by atoms with van der Waals surface area (Å²) in [6, 6.07) is 1.74. The van der Waals surface area contributed by atoms with Crippen LogP contribution in [0.15, 0.2) is 14.7 Å². The highest BCUT2D eigenvalue weighted by atomic mass is 79.9. The molecule has 3 rings (SSSR count). The fraction of sp³-hybridized carbons (Fsp3) is 0.714. The Morgan fingerprint density at radius 3 is 2.65 bits per heavy atom. The van der Waals surface area contributed by atoms with Crippen LogP contribution in [0.1, 0.15) is 37.5 Å². The maximum absolute atomic E-state index is 12.5. The van der Waals surface area contributed by atoms with Gasteiger partial charge in [-0.05, 0) is 72.9 Å². The van der Waals surface area contributed by atoms with E-state index in [2.05, 4.69) is 20.7 Å². The van der Waals surface area contributed by atoms with Crippen LogP contribution in [0.2, 0.25) is 0 Å². The molecule has 112 valence electrons. The minimum absolute atomic E-state index is 0.0355. The van der Waals surface area contributed by atoms with Crippen LogP contribution in [0, 0.1) is 24.7 Å². The lowest BCUT2D eigenvalue weighted by molar-refractivity contribution is 0.280. The molecule has 6 heteroatoms. The molecule has 0 radical (unpaired) electrons. The van der Waals surface area contributed by atoms with E-state index in [4.69, 9.17) is 0 Å². The van der Waals surface area contributed by atoms with Crippen LogP contribution in [0.3, 0.4) is 0 Å². The van der Waals surface area contributed by atoms with Crippen molar-refractivity contribution in [3.05, 3.63) is 14.7 Å². The molecule has 2 fully saturated rings. The second kappa shape index (κ2) is 5.38. The largest absolute Gasteiger partial charge is 0.241 e. The van der Waals surface area contributed by atoms with Crippen LogP contribution in [0.5, 0.6) is 0 Å². The molecule has 0 aliphatic heterocycles. The second-order valence-electron chi connectivity index (χ2n) is 6.22. The summed E-state index contributed by atoms with van der Waals surface area (Å²) in [4.78, 5) is 1.26. The second-order valence-corrected chi connectivity index (χ2v) is 10.5. The Morgan fingerprint density at radius 1 is 1.40 bits per heavy atom. The Kier molecular flexibility index (Phi) is 4.03. The van der Waals surface area contributed by atoms with E-state index in [0.717, 1.165) is 20.5 Å². The first-order valence-electron chi connectivity index (χ1n) is 7.15. The van der Waals surface area contributed by atoms with Gasteiger partial charge in [0.1, 0.15) is 0 Å². The van der Waals surface area contributed by atoms with E-state index in [1.807, 2.05) is 13.8 Å². The van der Waals surface area contributed by atoms with E-state index in [1.54, 1.807) is 6.07 Å². The number of halogens is 1. The quantitative estimate of drug-likeness (QED) is 0.863. The predicted molar refractivity (Wildman–Crippen MR) is 85.5 cm³/mol. The van der Waals surface area contributed by atoms with Gasteiger partial charge < -0.3 is 0 Å². The Hall–Kier alpha value is 0.0900. The van der Waals surface area contributed by atoms with Crippen molar-refractivity contribution < 1.29 is 8.42 Å². The summed E-state index contributed by atoms with van der Waals surface area (Å²) in [6.07, 6.45) is 5.13. The van der Waals surface area contributed by atoms with Crippen molar-refractivity contribution in [2.75, 3.05) is 0 Å². The normalized spacial score (nSPS) is 30.9. The average Bonchev–Trinajstić information content (AvgIpc) is 3.03. The first-order chi connectivity index (χ1) is 9.37. The number of sulfonamides is 1. The Bertz CT molecular complexity index is 611. The molecule has 4 atom stereocenters. The molecule has 2 bridgehead atoms. The number of aryl methyl sites for hydroxylation is 1. The summed E-state index contributed by atoms with van der Waals surface area (Å²) in [6.45, 7) is 3.88. The maximum Gasteiger partial charge on any atom is 0.241 e. The lowest BCUT2D eigenvalue weighted by Crippen LogP contribution is -2.40. The van der Waals surface area contributed by atoms with Gasteiger partial charge in [-0.3, -0.25) is 0 Å². The van der Waals surface area contributed by atoms with E-state index in [-0.39, 0.29) is 6.04 Å². The summed E-state index contributed by atoms with van der Waals surface area (Å²) >= 11 is 4.83. The summed E-state index contributed by atoms with van der Waals surface area (Å²) in [5.41, 5.74) is 0. The van der Waals surface area contributed by atoms with Gasteiger partial charge in [0.25, 0.3) is 0 Å². The van der Waals surface area contributed by atoms with Crippen molar-refractivity contribution in [1.82, 2.24) is 4.72 Å². The summed E-state index contributed by atoms with van der Waals surface area (Å²) < 4.78 is 28.8. The lowest BCUT2D eigenvalue weighted by Gasteiger charge is -2.28.